The Hall–Kier alpha value is -0.490. The van der Waals surface area contributed by atoms with Gasteiger partial charge < -0.3 is 5.73 Å². The highest BCUT2D eigenvalue weighted by Crippen LogP contribution is 2.16. The molecule has 0 spiro atoms. The minimum atomic E-state index is 0.356. The van der Waals surface area contributed by atoms with Crippen molar-refractivity contribution in [3.05, 3.63) is 0 Å². The summed E-state index contributed by atoms with van der Waals surface area (Å²) in [6.07, 6.45) is 0. The second-order valence-electron chi connectivity index (χ2n) is 1.35. The summed E-state index contributed by atoms with van der Waals surface area (Å²) in [5.74, 6) is 0. The lowest BCUT2D eigenvalue weighted by Crippen LogP contribution is -1.97. The highest BCUT2D eigenvalue weighted by atomic mass is 32.1. The average Bonchev–Trinajstić information content (AvgIpc) is 1.83. The Labute approximate surface area is 62.7 Å². The average molecular weight is 160 g/mol. The second-order valence-corrected chi connectivity index (χ2v) is 2.20. The lowest BCUT2D eigenvalue weighted by atomic mass is 10.6. The van der Waals surface area contributed by atoms with Crippen LogP contribution in [0.2, 0.25) is 0 Å². The van der Waals surface area contributed by atoms with Gasteiger partial charge in [-0.05, 0) is 5.21 Å². The van der Waals surface area contributed by atoms with Crippen LogP contribution in [0, 0.1) is 0 Å². The van der Waals surface area contributed by atoms with E-state index in [0.717, 1.165) is 0 Å². The van der Waals surface area contributed by atoms with Gasteiger partial charge in [-0.25, -0.2) is 0 Å². The first-order chi connectivity index (χ1) is 4.22. The molecule has 0 radical (unpaired) electrons. The first kappa shape index (κ1) is 6.63. The Morgan fingerprint density at radius 1 is 1.11 bits per heavy atom. The first-order valence-electron chi connectivity index (χ1n) is 2.08. The molecule has 0 atom stereocenters. The summed E-state index contributed by atoms with van der Waals surface area (Å²) >= 11 is 7.76. The molecule has 0 amide bonds. The van der Waals surface area contributed by atoms with Crippen molar-refractivity contribution in [3.63, 3.8) is 0 Å². The van der Waals surface area contributed by atoms with Crippen LogP contribution in [-0.4, -0.2) is 15.4 Å². The van der Waals surface area contributed by atoms with Crippen molar-refractivity contribution in [2.24, 2.45) is 0 Å². The Morgan fingerprint density at radius 2 is 1.56 bits per heavy atom. The molecular formula is C3H4N4S2. The summed E-state index contributed by atoms with van der Waals surface area (Å²) in [5.41, 5.74) is 5.72. The van der Waals surface area contributed by atoms with Gasteiger partial charge in [0.05, 0.1) is 0 Å². The maximum atomic E-state index is 5.36. The molecule has 0 unspecified atom stereocenters. The normalized spacial score (nSPS) is 9.56. The smallest absolute Gasteiger partial charge is 0.143 e. The van der Waals surface area contributed by atoms with E-state index in [1.54, 1.807) is 0 Å². The van der Waals surface area contributed by atoms with Gasteiger partial charge in [0.2, 0.25) is 0 Å². The Bertz CT molecular complexity index is 205. The largest absolute Gasteiger partial charge is 0.394 e. The number of nitrogens with two attached hydrogens (primary N) is 1. The van der Waals surface area contributed by atoms with Crippen LogP contribution in [0.25, 0.3) is 0 Å². The zero-order chi connectivity index (χ0) is 6.85. The van der Waals surface area contributed by atoms with Gasteiger partial charge in [-0.3, -0.25) is 0 Å². The maximum absolute atomic E-state index is 5.36. The Kier molecular flexibility index (Phi) is 1.77. The van der Waals surface area contributed by atoms with Crippen molar-refractivity contribution in [2.45, 2.75) is 10.1 Å². The number of hydrogen-bond acceptors (Lipinski definition) is 6. The van der Waals surface area contributed by atoms with Crippen molar-refractivity contribution in [3.8, 4) is 0 Å². The minimum absolute atomic E-state index is 0.356. The van der Waals surface area contributed by atoms with Gasteiger partial charge in [-0.1, -0.05) is 0 Å². The molecule has 0 aliphatic carbocycles. The maximum Gasteiger partial charge on any atom is 0.143 e. The Morgan fingerprint density at radius 3 is 1.89 bits per heavy atom. The van der Waals surface area contributed by atoms with Crippen LogP contribution < -0.4 is 5.73 Å². The predicted molar refractivity (Wildman–Crippen MR) is 38.7 cm³/mol. The number of rotatable bonds is 0. The topological polar surface area (TPSA) is 64.7 Å². The molecule has 0 aliphatic heterocycles. The third kappa shape index (κ3) is 1.25. The highest BCUT2D eigenvalue weighted by Gasteiger charge is 1.99. The van der Waals surface area contributed by atoms with Crippen LogP contribution in [0.5, 0.6) is 0 Å². The molecule has 0 saturated heterocycles. The molecule has 48 valence electrons. The second kappa shape index (κ2) is 2.40. The zero-order valence-electron chi connectivity index (χ0n) is 4.31. The van der Waals surface area contributed by atoms with Gasteiger partial charge in [-0.2, -0.15) is 0 Å². The molecule has 9 heavy (non-hydrogen) atoms. The molecule has 6 heteroatoms. The molecule has 0 aliphatic rings. The van der Waals surface area contributed by atoms with Crippen LogP contribution in [0.4, 0.5) is 5.69 Å². The fourth-order valence-electron chi connectivity index (χ4n) is 0.315. The van der Waals surface area contributed by atoms with Crippen molar-refractivity contribution in [2.75, 3.05) is 5.73 Å². The highest BCUT2D eigenvalue weighted by molar-refractivity contribution is 7.81. The summed E-state index contributed by atoms with van der Waals surface area (Å²) < 4.78 is 0. The number of nitrogen functional groups attached to an aromatic ring is 1. The molecule has 0 bridgehead atoms. The first-order valence-corrected chi connectivity index (χ1v) is 2.98. The number of thiol groups is 2. The lowest BCUT2D eigenvalue weighted by molar-refractivity contribution is 0.762. The summed E-state index contributed by atoms with van der Waals surface area (Å²) in [5, 5.41) is 11.0. The van der Waals surface area contributed by atoms with E-state index >= 15 is 0 Å². The van der Waals surface area contributed by atoms with Gasteiger partial charge in [0.1, 0.15) is 15.7 Å². The van der Waals surface area contributed by atoms with Crippen molar-refractivity contribution in [1.82, 2.24) is 15.4 Å². The van der Waals surface area contributed by atoms with Gasteiger partial charge in [-0.15, -0.1) is 35.5 Å². The van der Waals surface area contributed by atoms with Gasteiger partial charge in [0.25, 0.3) is 0 Å². The molecule has 1 aromatic rings. The fourth-order valence-corrected chi connectivity index (χ4v) is 0.695. The predicted octanol–water partition coefficient (Wildman–Crippen LogP) is 0.0312. The molecular weight excluding hydrogens is 156 g/mol. The molecule has 2 N–H and O–H groups in total. The molecule has 1 aromatic heterocycles. The van der Waals surface area contributed by atoms with Crippen LogP contribution in [-0.2, 0) is 0 Å². The molecule has 4 nitrogen and oxygen atoms in total. The number of aromatic nitrogens is 3. The van der Waals surface area contributed by atoms with Crippen molar-refractivity contribution in [1.29, 1.82) is 0 Å². The fraction of sp³-hybridized carbons (Fsp3) is 0. The minimum Gasteiger partial charge on any atom is -0.394 e. The number of nitrogens with zero attached hydrogens (tertiary/aromatic N) is 3. The van der Waals surface area contributed by atoms with Gasteiger partial charge in [0, 0.05) is 0 Å². The molecule has 1 heterocycles. The van der Waals surface area contributed by atoms with E-state index < -0.39 is 0 Å². The summed E-state index contributed by atoms with van der Waals surface area (Å²) in [4.78, 5) is 0. The lowest BCUT2D eigenvalue weighted by Gasteiger charge is -1.95. The number of anilines is 1. The van der Waals surface area contributed by atoms with E-state index in [-0.39, 0.29) is 0 Å². The van der Waals surface area contributed by atoms with E-state index in [4.69, 9.17) is 5.73 Å². The van der Waals surface area contributed by atoms with E-state index in [1.807, 2.05) is 0 Å². The summed E-state index contributed by atoms with van der Waals surface area (Å²) in [6, 6.07) is 0. The van der Waals surface area contributed by atoms with Crippen LogP contribution in [0.3, 0.4) is 0 Å². The SMILES string of the molecule is Nc1c(S)nnnc1S. The molecule has 0 aromatic carbocycles. The summed E-state index contributed by atoms with van der Waals surface area (Å²) in [7, 11) is 0. The third-order valence-corrected chi connectivity index (χ3v) is 1.42. The molecule has 1 rings (SSSR count). The zero-order valence-corrected chi connectivity index (χ0v) is 6.10. The number of hydrogen-bond donors (Lipinski definition) is 3. The monoisotopic (exact) mass is 160 g/mol. The van der Waals surface area contributed by atoms with E-state index in [9.17, 15) is 0 Å². The summed E-state index contributed by atoms with van der Waals surface area (Å²) in [6.45, 7) is 0. The van der Waals surface area contributed by atoms with E-state index in [1.165, 1.54) is 0 Å². The van der Waals surface area contributed by atoms with Gasteiger partial charge >= 0.3 is 0 Å². The van der Waals surface area contributed by atoms with E-state index in [2.05, 4.69) is 40.7 Å². The van der Waals surface area contributed by atoms with Crippen molar-refractivity contribution < 1.29 is 0 Å². The standard InChI is InChI=1S/C3H4N4S2/c4-1-2(8)5-7-6-3(1)9/h(H2,4,7)(H2,5,6,8,9). The van der Waals surface area contributed by atoms with Gasteiger partial charge in [0.15, 0.2) is 0 Å². The van der Waals surface area contributed by atoms with E-state index in [0.29, 0.717) is 15.7 Å². The van der Waals surface area contributed by atoms with Crippen LogP contribution in [0.15, 0.2) is 10.1 Å². The third-order valence-electron chi connectivity index (χ3n) is 0.761. The van der Waals surface area contributed by atoms with Crippen LogP contribution >= 0.6 is 25.3 Å². The quantitative estimate of drug-likeness (QED) is 0.468. The van der Waals surface area contributed by atoms with Crippen molar-refractivity contribution >= 4 is 30.9 Å². The Balaban J connectivity index is 3.25. The molecule has 0 saturated carbocycles. The van der Waals surface area contributed by atoms with Crippen LogP contribution in [0.1, 0.15) is 0 Å². The molecule has 0 fully saturated rings.